The van der Waals surface area contributed by atoms with Gasteiger partial charge in [0.2, 0.25) is 0 Å². The molecule has 2 aliphatic carbocycles. The smallest absolute Gasteiger partial charge is 0.134 e. The van der Waals surface area contributed by atoms with Gasteiger partial charge in [0.15, 0.2) is 0 Å². The molecule has 1 heterocycles. The van der Waals surface area contributed by atoms with Crippen molar-refractivity contribution in [2.24, 2.45) is 11.8 Å². The van der Waals surface area contributed by atoms with Gasteiger partial charge in [0, 0.05) is 25.7 Å². The minimum Gasteiger partial charge on any atom is -0.370 e. The van der Waals surface area contributed by atoms with Gasteiger partial charge in [-0.05, 0) is 44.4 Å². The molecule has 0 amide bonds. The van der Waals surface area contributed by atoms with Crippen molar-refractivity contribution in [3.63, 3.8) is 0 Å². The number of hydrogen-bond donors (Lipinski definition) is 1. The van der Waals surface area contributed by atoms with Gasteiger partial charge in [0.25, 0.3) is 0 Å². The summed E-state index contributed by atoms with van der Waals surface area (Å²) < 4.78 is 0. The van der Waals surface area contributed by atoms with Crippen LogP contribution in [0.25, 0.3) is 0 Å². The van der Waals surface area contributed by atoms with E-state index in [0.29, 0.717) is 0 Å². The Morgan fingerprint density at radius 3 is 2.39 bits per heavy atom. The van der Waals surface area contributed by atoms with Gasteiger partial charge in [-0.15, -0.1) is 0 Å². The fourth-order valence-electron chi connectivity index (χ4n) is 2.28. The lowest BCUT2D eigenvalue weighted by Crippen LogP contribution is -2.29. The second kappa shape index (κ2) is 5.12. The second-order valence-electron chi connectivity index (χ2n) is 5.58. The third-order valence-corrected chi connectivity index (χ3v) is 3.69. The first kappa shape index (κ1) is 11.8. The van der Waals surface area contributed by atoms with Crippen molar-refractivity contribution in [1.29, 1.82) is 0 Å². The topological polar surface area (TPSA) is 41.0 Å². The zero-order valence-electron chi connectivity index (χ0n) is 11.1. The number of anilines is 2. The Morgan fingerprint density at radius 1 is 1.17 bits per heavy atom. The summed E-state index contributed by atoms with van der Waals surface area (Å²) in [6, 6.07) is 2.09. The second-order valence-corrected chi connectivity index (χ2v) is 5.58. The summed E-state index contributed by atoms with van der Waals surface area (Å²) >= 11 is 0. The zero-order valence-corrected chi connectivity index (χ0v) is 11.1. The maximum atomic E-state index is 4.46. The minimum absolute atomic E-state index is 0.904. The Kier molecular flexibility index (Phi) is 3.35. The quantitative estimate of drug-likeness (QED) is 0.802. The van der Waals surface area contributed by atoms with Crippen molar-refractivity contribution in [3.05, 3.63) is 12.4 Å². The van der Waals surface area contributed by atoms with Crippen molar-refractivity contribution < 1.29 is 0 Å². The van der Waals surface area contributed by atoms with E-state index in [-0.39, 0.29) is 0 Å². The van der Waals surface area contributed by atoms with E-state index in [2.05, 4.69) is 33.2 Å². The first-order chi connectivity index (χ1) is 8.85. The van der Waals surface area contributed by atoms with Crippen molar-refractivity contribution in [1.82, 2.24) is 9.97 Å². The van der Waals surface area contributed by atoms with Crippen LogP contribution < -0.4 is 10.2 Å². The van der Waals surface area contributed by atoms with E-state index in [1.54, 1.807) is 6.33 Å². The Morgan fingerprint density at radius 2 is 1.83 bits per heavy atom. The van der Waals surface area contributed by atoms with Crippen LogP contribution in [0.5, 0.6) is 0 Å². The normalized spacial score (nSPS) is 18.7. The minimum atomic E-state index is 0.904. The van der Waals surface area contributed by atoms with E-state index in [9.17, 15) is 0 Å². The van der Waals surface area contributed by atoms with E-state index < -0.39 is 0 Å². The molecule has 4 nitrogen and oxygen atoms in total. The van der Waals surface area contributed by atoms with Gasteiger partial charge >= 0.3 is 0 Å². The fourth-order valence-corrected chi connectivity index (χ4v) is 2.28. The molecule has 4 heteroatoms. The summed E-state index contributed by atoms with van der Waals surface area (Å²) in [6.45, 7) is 5.35. The molecule has 2 saturated carbocycles. The molecule has 2 aliphatic rings. The molecular formula is C14H22N4. The number of hydrogen-bond acceptors (Lipinski definition) is 4. The largest absolute Gasteiger partial charge is 0.370 e. The van der Waals surface area contributed by atoms with Gasteiger partial charge in [-0.25, -0.2) is 9.97 Å². The van der Waals surface area contributed by atoms with Gasteiger partial charge in [0.05, 0.1) is 0 Å². The molecule has 3 rings (SSSR count). The highest BCUT2D eigenvalue weighted by Gasteiger charge is 2.29. The SMILES string of the molecule is CCNc1cc(N(CC2CC2)CC2CC2)ncn1. The zero-order chi connectivity index (χ0) is 12.4. The van der Waals surface area contributed by atoms with Crippen LogP contribution in [0.4, 0.5) is 11.6 Å². The van der Waals surface area contributed by atoms with E-state index in [0.717, 1.165) is 30.0 Å². The molecule has 2 fully saturated rings. The van der Waals surface area contributed by atoms with Crippen molar-refractivity contribution in [2.45, 2.75) is 32.6 Å². The molecule has 1 aromatic heterocycles. The average Bonchev–Trinajstić information content (AvgIpc) is 3.24. The van der Waals surface area contributed by atoms with E-state index in [1.165, 1.54) is 38.8 Å². The van der Waals surface area contributed by atoms with Gasteiger partial charge in [-0.1, -0.05) is 0 Å². The summed E-state index contributed by atoms with van der Waals surface area (Å²) in [5.41, 5.74) is 0. The Hall–Kier alpha value is -1.32. The first-order valence-corrected chi connectivity index (χ1v) is 7.16. The lowest BCUT2D eigenvalue weighted by Gasteiger charge is -2.23. The van der Waals surface area contributed by atoms with Crippen LogP contribution in [0.2, 0.25) is 0 Å². The molecule has 0 unspecified atom stereocenters. The number of aromatic nitrogens is 2. The monoisotopic (exact) mass is 246 g/mol. The number of nitrogens with one attached hydrogen (secondary N) is 1. The summed E-state index contributed by atoms with van der Waals surface area (Å²) in [7, 11) is 0. The van der Waals surface area contributed by atoms with E-state index in [1.807, 2.05) is 0 Å². The van der Waals surface area contributed by atoms with Crippen LogP contribution in [0.1, 0.15) is 32.6 Å². The molecule has 1 aromatic rings. The van der Waals surface area contributed by atoms with E-state index in [4.69, 9.17) is 0 Å². The predicted molar refractivity (Wildman–Crippen MR) is 73.9 cm³/mol. The third kappa shape index (κ3) is 3.12. The molecular weight excluding hydrogens is 224 g/mol. The molecule has 0 aromatic carbocycles. The van der Waals surface area contributed by atoms with Crippen LogP contribution in [0.15, 0.2) is 12.4 Å². The third-order valence-electron chi connectivity index (χ3n) is 3.69. The fraction of sp³-hybridized carbons (Fsp3) is 0.714. The highest BCUT2D eigenvalue weighted by Crippen LogP contribution is 2.35. The van der Waals surface area contributed by atoms with Gasteiger partial charge < -0.3 is 10.2 Å². The maximum Gasteiger partial charge on any atom is 0.134 e. The average molecular weight is 246 g/mol. The lowest BCUT2D eigenvalue weighted by molar-refractivity contribution is 0.670. The first-order valence-electron chi connectivity index (χ1n) is 7.16. The van der Waals surface area contributed by atoms with Gasteiger partial charge in [-0.2, -0.15) is 0 Å². The summed E-state index contributed by atoms with van der Waals surface area (Å²) in [4.78, 5) is 11.2. The molecule has 0 saturated heterocycles. The lowest BCUT2D eigenvalue weighted by atomic mass is 10.3. The highest BCUT2D eigenvalue weighted by molar-refractivity contribution is 5.48. The standard InChI is InChI=1S/C14H22N4/c1-2-15-13-7-14(17-10-16-13)18(8-11-3-4-11)9-12-5-6-12/h7,10-12H,2-6,8-9H2,1H3,(H,15,16,17). The van der Waals surface area contributed by atoms with Gasteiger partial charge in [-0.3, -0.25) is 0 Å². The number of nitrogens with zero attached hydrogens (tertiary/aromatic N) is 3. The highest BCUT2D eigenvalue weighted by atomic mass is 15.2. The van der Waals surface area contributed by atoms with Crippen LogP contribution in [0, 0.1) is 11.8 Å². The molecule has 0 radical (unpaired) electrons. The van der Waals surface area contributed by atoms with Crippen LogP contribution in [0.3, 0.4) is 0 Å². The molecule has 0 aliphatic heterocycles. The maximum absolute atomic E-state index is 4.46. The summed E-state index contributed by atoms with van der Waals surface area (Å²) in [5, 5.41) is 3.26. The van der Waals surface area contributed by atoms with Crippen molar-refractivity contribution >= 4 is 11.6 Å². The van der Waals surface area contributed by atoms with Crippen LogP contribution >= 0.6 is 0 Å². The Bertz CT molecular complexity index is 385. The van der Waals surface area contributed by atoms with Crippen molar-refractivity contribution in [2.75, 3.05) is 29.9 Å². The summed E-state index contributed by atoms with van der Waals surface area (Å²) in [6.07, 6.45) is 7.26. The molecule has 0 bridgehead atoms. The molecule has 98 valence electrons. The Labute approximate surface area is 109 Å². The van der Waals surface area contributed by atoms with Gasteiger partial charge in [0.1, 0.15) is 18.0 Å². The molecule has 1 N–H and O–H groups in total. The number of rotatable bonds is 7. The van der Waals surface area contributed by atoms with Crippen LogP contribution in [-0.2, 0) is 0 Å². The molecule has 18 heavy (non-hydrogen) atoms. The predicted octanol–water partition coefficient (Wildman–Crippen LogP) is 2.53. The van der Waals surface area contributed by atoms with Crippen LogP contribution in [-0.4, -0.2) is 29.6 Å². The Balaban J connectivity index is 1.71. The molecule has 0 spiro atoms. The summed E-state index contributed by atoms with van der Waals surface area (Å²) in [5.74, 6) is 3.85. The van der Waals surface area contributed by atoms with Crippen molar-refractivity contribution in [3.8, 4) is 0 Å². The molecule has 0 atom stereocenters. The van der Waals surface area contributed by atoms with E-state index >= 15 is 0 Å².